The van der Waals surface area contributed by atoms with Crippen LogP contribution in [0.25, 0.3) is 0 Å². The van der Waals surface area contributed by atoms with E-state index in [0.717, 1.165) is 35.9 Å². The van der Waals surface area contributed by atoms with Crippen molar-refractivity contribution >= 4 is 22.2 Å². The number of carbonyl (C=O) groups excluding carboxylic acids is 1. The summed E-state index contributed by atoms with van der Waals surface area (Å²) in [4.78, 5) is 13.4. The van der Waals surface area contributed by atoms with Gasteiger partial charge in [0.1, 0.15) is 11.1 Å². The maximum Gasteiger partial charge on any atom is 0.333 e. The van der Waals surface area contributed by atoms with Crippen LogP contribution in [-0.2, 0) is 12.8 Å². The number of nitrogens with zero attached hydrogens (tertiary/aromatic N) is 3. The highest BCUT2D eigenvalue weighted by atomic mass is 32.1. The molecule has 138 valence electrons. The Kier molecular flexibility index (Phi) is 4.84. The third-order valence-electron chi connectivity index (χ3n) is 4.87. The second-order valence-electron chi connectivity index (χ2n) is 7.54. The average molecular weight is 378 g/mol. The fraction of sp³-hybridized carbons (Fsp3) is 0.500. The molecule has 26 heavy (non-hydrogen) atoms. The predicted molar refractivity (Wildman–Crippen MR) is 95.4 cm³/mol. The third kappa shape index (κ3) is 3.49. The van der Waals surface area contributed by atoms with E-state index in [1.807, 2.05) is 0 Å². The van der Waals surface area contributed by atoms with Gasteiger partial charge in [-0.3, -0.25) is 4.79 Å². The van der Waals surface area contributed by atoms with Gasteiger partial charge in [-0.05, 0) is 42.2 Å². The first-order chi connectivity index (χ1) is 12.2. The largest absolute Gasteiger partial charge is 0.333 e. The number of rotatable bonds is 3. The molecule has 0 saturated heterocycles. The molecule has 0 spiro atoms. The second-order valence-corrected chi connectivity index (χ2v) is 8.64. The van der Waals surface area contributed by atoms with E-state index >= 15 is 0 Å². The molecule has 8 heteroatoms. The molecular weight excluding hydrogens is 358 g/mol. The van der Waals surface area contributed by atoms with Crippen LogP contribution < -0.4 is 5.32 Å². The standard InChI is InChI=1S/C18H20F2N4OS/c1-18(2,3)10-4-5-11-12(9-21)16(26-14(11)8-10)22-15(25)13-6-7-24(23-13)17(19)20/h6-7,10,17H,4-5,8H2,1-3H3,(H,22,25). The van der Waals surface area contributed by atoms with Crippen LogP contribution in [0.3, 0.4) is 0 Å². The van der Waals surface area contributed by atoms with E-state index in [1.165, 1.54) is 17.4 Å². The lowest BCUT2D eigenvalue weighted by Gasteiger charge is -2.33. The molecule has 1 atom stereocenters. The van der Waals surface area contributed by atoms with Gasteiger partial charge < -0.3 is 5.32 Å². The molecule has 0 aromatic carbocycles. The van der Waals surface area contributed by atoms with Gasteiger partial charge in [-0.2, -0.15) is 19.1 Å². The maximum atomic E-state index is 12.6. The molecule has 5 nitrogen and oxygen atoms in total. The number of hydrogen-bond acceptors (Lipinski definition) is 4. The molecule has 3 rings (SSSR count). The minimum Gasteiger partial charge on any atom is -0.311 e. The molecule has 0 aliphatic heterocycles. The number of hydrogen-bond donors (Lipinski definition) is 1. The van der Waals surface area contributed by atoms with Gasteiger partial charge in [-0.1, -0.05) is 20.8 Å². The molecule has 2 heterocycles. The zero-order valence-corrected chi connectivity index (χ0v) is 15.7. The molecule has 1 N–H and O–H groups in total. The fourth-order valence-electron chi connectivity index (χ4n) is 3.27. The Morgan fingerprint density at radius 3 is 2.81 bits per heavy atom. The highest BCUT2D eigenvalue weighted by molar-refractivity contribution is 7.16. The fourth-order valence-corrected chi connectivity index (χ4v) is 4.54. The number of nitrogens with one attached hydrogen (secondary N) is 1. The van der Waals surface area contributed by atoms with Crippen LogP contribution in [-0.4, -0.2) is 15.7 Å². The number of aromatic nitrogens is 2. The minimum absolute atomic E-state index is 0.104. The van der Waals surface area contributed by atoms with Crippen LogP contribution in [0.4, 0.5) is 13.8 Å². The Labute approximate surface area is 154 Å². The lowest BCUT2D eigenvalue weighted by molar-refractivity contribution is 0.0561. The van der Waals surface area contributed by atoms with Gasteiger partial charge in [-0.15, -0.1) is 11.3 Å². The van der Waals surface area contributed by atoms with Crippen molar-refractivity contribution in [2.75, 3.05) is 5.32 Å². The Balaban J connectivity index is 1.84. The number of amides is 1. The quantitative estimate of drug-likeness (QED) is 0.847. The molecule has 0 saturated carbocycles. The molecule has 2 aromatic rings. The summed E-state index contributed by atoms with van der Waals surface area (Å²) in [6, 6.07) is 3.42. The van der Waals surface area contributed by atoms with Crippen LogP contribution in [0.15, 0.2) is 12.3 Å². The number of thiophene rings is 1. The summed E-state index contributed by atoms with van der Waals surface area (Å²) in [5.74, 6) is -0.0719. The van der Waals surface area contributed by atoms with E-state index in [2.05, 4.69) is 37.3 Å². The smallest absolute Gasteiger partial charge is 0.311 e. The SMILES string of the molecule is CC(C)(C)C1CCc2c(sc(NC(=O)c3ccn(C(F)F)n3)c2C#N)C1. The van der Waals surface area contributed by atoms with Gasteiger partial charge in [0.2, 0.25) is 0 Å². The van der Waals surface area contributed by atoms with Gasteiger partial charge in [0.05, 0.1) is 5.56 Å². The Morgan fingerprint density at radius 2 is 2.23 bits per heavy atom. The number of fused-ring (bicyclic) bond motifs is 1. The summed E-state index contributed by atoms with van der Waals surface area (Å²) < 4.78 is 25.6. The van der Waals surface area contributed by atoms with Crippen molar-refractivity contribution in [3.63, 3.8) is 0 Å². The van der Waals surface area contributed by atoms with Crippen LogP contribution >= 0.6 is 11.3 Å². The van der Waals surface area contributed by atoms with Crippen LogP contribution in [0.2, 0.25) is 0 Å². The molecular formula is C18H20F2N4OS. The number of anilines is 1. The van der Waals surface area contributed by atoms with Gasteiger partial charge in [-0.25, -0.2) is 4.68 Å². The van der Waals surface area contributed by atoms with Crippen molar-refractivity contribution in [2.45, 2.75) is 46.6 Å². The molecule has 1 aliphatic rings. The molecule has 1 aliphatic carbocycles. The number of carbonyl (C=O) groups is 1. The first kappa shape index (κ1) is 18.5. The van der Waals surface area contributed by atoms with Gasteiger partial charge in [0, 0.05) is 11.1 Å². The van der Waals surface area contributed by atoms with E-state index in [0.29, 0.717) is 21.2 Å². The van der Waals surface area contributed by atoms with Crippen LogP contribution in [0.1, 0.15) is 60.2 Å². The van der Waals surface area contributed by atoms with Crippen molar-refractivity contribution in [1.29, 1.82) is 5.26 Å². The summed E-state index contributed by atoms with van der Waals surface area (Å²) in [7, 11) is 0. The molecule has 0 fully saturated rings. The monoisotopic (exact) mass is 378 g/mol. The molecule has 2 aromatic heterocycles. The minimum atomic E-state index is -2.80. The summed E-state index contributed by atoms with van der Waals surface area (Å²) in [5.41, 5.74) is 1.57. The van der Waals surface area contributed by atoms with E-state index in [9.17, 15) is 18.8 Å². The molecule has 0 bridgehead atoms. The first-order valence-corrected chi connectivity index (χ1v) is 9.21. The Bertz CT molecular complexity index is 873. The van der Waals surface area contributed by atoms with E-state index in [4.69, 9.17) is 0 Å². The van der Waals surface area contributed by atoms with E-state index < -0.39 is 12.5 Å². The topological polar surface area (TPSA) is 70.7 Å². The number of halogens is 2. The first-order valence-electron chi connectivity index (χ1n) is 8.40. The normalized spacial score (nSPS) is 17.0. The number of nitriles is 1. The zero-order chi connectivity index (χ0) is 19.1. The van der Waals surface area contributed by atoms with Crippen molar-refractivity contribution in [1.82, 2.24) is 9.78 Å². The predicted octanol–water partition coefficient (Wildman–Crippen LogP) is 4.61. The zero-order valence-electron chi connectivity index (χ0n) is 14.8. The lowest BCUT2D eigenvalue weighted by atomic mass is 9.72. The van der Waals surface area contributed by atoms with Gasteiger partial charge in [0.15, 0.2) is 5.69 Å². The Morgan fingerprint density at radius 1 is 1.50 bits per heavy atom. The lowest BCUT2D eigenvalue weighted by Crippen LogP contribution is -2.26. The third-order valence-corrected chi connectivity index (χ3v) is 6.04. The summed E-state index contributed by atoms with van der Waals surface area (Å²) >= 11 is 1.41. The van der Waals surface area contributed by atoms with Crippen molar-refractivity contribution in [3.8, 4) is 6.07 Å². The summed E-state index contributed by atoms with van der Waals surface area (Å²) in [5, 5.41) is 16.3. The van der Waals surface area contributed by atoms with Crippen molar-refractivity contribution < 1.29 is 13.6 Å². The molecule has 0 radical (unpaired) electrons. The van der Waals surface area contributed by atoms with Crippen LogP contribution in [0.5, 0.6) is 0 Å². The summed E-state index contributed by atoms with van der Waals surface area (Å²) in [6.07, 6.45) is 3.76. The van der Waals surface area contributed by atoms with Crippen molar-refractivity contribution in [3.05, 3.63) is 34.0 Å². The second kappa shape index (κ2) is 6.80. The molecule has 1 amide bonds. The van der Waals surface area contributed by atoms with Crippen LogP contribution in [0, 0.1) is 22.7 Å². The summed E-state index contributed by atoms with van der Waals surface area (Å²) in [6.45, 7) is 3.84. The maximum absolute atomic E-state index is 12.6. The van der Waals surface area contributed by atoms with Crippen molar-refractivity contribution in [2.24, 2.45) is 11.3 Å². The number of alkyl halides is 2. The van der Waals surface area contributed by atoms with Gasteiger partial charge in [0.25, 0.3) is 5.91 Å². The highest BCUT2D eigenvalue weighted by Crippen LogP contribution is 2.44. The Hall–Kier alpha value is -2.27. The van der Waals surface area contributed by atoms with E-state index in [-0.39, 0.29) is 11.1 Å². The average Bonchev–Trinajstić information content (AvgIpc) is 3.17. The van der Waals surface area contributed by atoms with E-state index in [1.54, 1.807) is 0 Å². The highest BCUT2D eigenvalue weighted by Gasteiger charge is 2.32. The molecule has 1 unspecified atom stereocenters. The van der Waals surface area contributed by atoms with Gasteiger partial charge >= 0.3 is 6.55 Å².